The van der Waals surface area contributed by atoms with Gasteiger partial charge in [-0.15, -0.1) is 0 Å². The number of carbonyl (C=O) groups is 2. The maximum atomic E-state index is 18.3. The molecule has 0 radical (unpaired) electrons. The zero-order valence-electron chi connectivity index (χ0n) is 53.7. The Bertz CT molecular complexity index is 7780. The van der Waals surface area contributed by atoms with Crippen LogP contribution in [0.15, 0.2) is 11.6 Å². The Kier molecular flexibility index (Phi) is 4.89. The molecule has 37 rings (SSSR count). The van der Waals surface area contributed by atoms with Gasteiger partial charge in [0.05, 0.1) is 17.4 Å². The number of carbonyl (C=O) groups excluding carboxylic acids is 2. The molecule has 28 aromatic rings. The van der Waals surface area contributed by atoms with Gasteiger partial charge in [0.2, 0.25) is 0 Å². The number of hydrogen-bond acceptors (Lipinski definition) is 4. The van der Waals surface area contributed by atoms with E-state index in [9.17, 15) is 0 Å². The van der Waals surface area contributed by atoms with E-state index in [0.29, 0.717) is 11.3 Å². The predicted molar refractivity (Wildman–Crippen MR) is 396 cm³/mol. The Morgan fingerprint density at radius 2 is 0.740 bits per heavy atom. The summed E-state index contributed by atoms with van der Waals surface area (Å²) in [6, 6.07) is 0. The largest absolute Gasteiger partial charge is 0.465 e. The molecular weight excluding hydrogens is 1170 g/mol. The van der Waals surface area contributed by atoms with Gasteiger partial charge >= 0.3 is 11.9 Å². The van der Waals surface area contributed by atoms with E-state index in [1.165, 1.54) is 261 Å². The van der Waals surface area contributed by atoms with Crippen LogP contribution in [-0.2, 0) is 29.9 Å². The molecule has 0 unspecified atom stereocenters. The number of fused-ring (bicyclic) bond motifs is 5. The number of hydrogen-bond donors (Lipinski definition) is 0. The third-order valence-corrected chi connectivity index (χ3v) is 35.8. The monoisotopic (exact) mass is 1220 g/mol. The molecule has 0 N–H and O–H groups in total. The van der Waals surface area contributed by atoms with Crippen LogP contribution in [0.1, 0.15) is 134 Å². The molecule has 2 spiro atoms. The standard InChI is InChI=1S/C92H50O4/c1-7-95-86(93)92(87(94)96-23-15-17-88(5)22(19-23)11-12-24-26-14-13-25(21(4)10-8-9-20(2)3)89(26,6)18-16-27(24)88)90-82-74-66-56-46-38-30-28-29-32-36-34(30)42-50-44(36)54-48-40(32)41-33(29)37-35-31(28)39(38)47-53-43(35)51-45(37)55-49(41)59-58(48)68-62(54)72-64(50)70(60(66)52(42)46)78(82)80(72)84-76(68)77-69(59)63(55)73-65(51)71-61(53)67(57(47)56)75(74)83(90)79(71)81(73)85(77)91(84,90)92/h11,20-21,23-27H,7-10,12-19H2,1-6H3/t21-,23+,24+,25-,26+,27+,88+,89-,90?,91?,92?/m1/s1. The molecule has 96 heavy (non-hydrogen) atoms. The molecule has 9 aliphatic rings. The quantitative estimate of drug-likeness (QED) is 0.0625. The molecule has 0 aliphatic heterocycles. The Hall–Kier alpha value is -8.86. The highest BCUT2D eigenvalue weighted by Crippen LogP contribution is 2.97. The van der Waals surface area contributed by atoms with Crippen molar-refractivity contribution >= 4 is 303 Å². The SMILES string of the molecule is CCOC(=O)C1(C(=O)O[C@H]2CC[C@@]3(C)C(=CC[C@H]4[C@@H]5CC[C@H]([C@H](C)CCCC(C)C)[C@@]5(C)CC[C@@H]43)C2)C23c4c5c6c7c8c9c(c%10c%11c2c2c4c4c%12c5c5c6c6c8c8c%13c9c9c%10c%10c%11c%11c2c2c4c4c%12c%12c5c5c6c8c6c8c%13c9c9c%10c%10c%11c2c2c4c4c%12c5c6c5c8c9c%10c2c45)C713. The number of benzene rings is 18. The number of ether oxygens (including phenoxy) is 2. The molecule has 4 nitrogen and oxygen atoms in total. The fourth-order valence-electron chi connectivity index (χ4n) is 34.5. The topological polar surface area (TPSA) is 52.6 Å². The summed E-state index contributed by atoms with van der Waals surface area (Å²) < 4.78 is 14.9. The summed E-state index contributed by atoms with van der Waals surface area (Å²) in [4.78, 5) is 35.9. The van der Waals surface area contributed by atoms with Gasteiger partial charge in [-0.2, -0.15) is 0 Å². The lowest BCUT2D eigenvalue weighted by Gasteiger charge is -2.58. The zero-order valence-corrected chi connectivity index (χ0v) is 53.7. The van der Waals surface area contributed by atoms with E-state index in [-0.39, 0.29) is 30.1 Å². The Balaban J connectivity index is 0.710. The molecule has 9 aliphatic carbocycles. The summed E-state index contributed by atoms with van der Waals surface area (Å²) >= 11 is 0. The van der Waals surface area contributed by atoms with Crippen molar-refractivity contribution < 1.29 is 19.1 Å². The van der Waals surface area contributed by atoms with Crippen LogP contribution in [0, 0.1) is 51.8 Å². The molecule has 28 aromatic carbocycles. The van der Waals surface area contributed by atoms with Crippen molar-refractivity contribution in [3.8, 4) is 0 Å². The van der Waals surface area contributed by atoms with Crippen molar-refractivity contribution in [3.05, 3.63) is 33.9 Å². The van der Waals surface area contributed by atoms with Gasteiger partial charge in [0.1, 0.15) is 6.10 Å². The average Bonchev–Trinajstić information content (AvgIpc) is 1.36. The minimum atomic E-state index is -1.72. The highest BCUT2D eigenvalue weighted by molar-refractivity contribution is 6.82. The summed E-state index contributed by atoms with van der Waals surface area (Å²) in [6.07, 6.45) is 15.7. The molecule has 0 bridgehead atoms. The molecule has 442 valence electrons. The Morgan fingerprint density at radius 3 is 1.06 bits per heavy atom. The number of rotatable bonds is 9. The van der Waals surface area contributed by atoms with Crippen LogP contribution < -0.4 is 0 Å². The van der Waals surface area contributed by atoms with Gasteiger partial charge < -0.3 is 9.47 Å². The van der Waals surface area contributed by atoms with Crippen molar-refractivity contribution in [1.82, 2.24) is 0 Å². The van der Waals surface area contributed by atoms with Crippen LogP contribution in [0.5, 0.6) is 0 Å². The van der Waals surface area contributed by atoms with Gasteiger partial charge in [0.15, 0.2) is 5.41 Å². The number of esters is 2. The maximum absolute atomic E-state index is 18.3. The van der Waals surface area contributed by atoms with E-state index in [4.69, 9.17) is 9.47 Å². The predicted octanol–water partition coefficient (Wildman–Crippen LogP) is 23.8. The van der Waals surface area contributed by atoms with Crippen molar-refractivity contribution in [3.63, 3.8) is 0 Å². The number of allylic oxidation sites excluding steroid dienone is 1. The molecule has 0 heterocycles. The van der Waals surface area contributed by atoms with Crippen molar-refractivity contribution in [2.45, 2.75) is 129 Å². The first-order valence-corrected chi connectivity index (χ1v) is 37.9. The third-order valence-electron chi connectivity index (χ3n) is 35.8. The highest BCUT2D eigenvalue weighted by atomic mass is 16.6. The molecule has 8 atom stereocenters. The second-order valence-corrected chi connectivity index (χ2v) is 37.3. The van der Waals surface area contributed by atoms with Crippen LogP contribution >= 0.6 is 0 Å². The van der Waals surface area contributed by atoms with Gasteiger partial charge in [-0.3, -0.25) is 9.59 Å². The summed E-state index contributed by atoms with van der Waals surface area (Å²) in [5.41, 5.74) is 3.44. The Morgan fingerprint density at radius 1 is 0.406 bits per heavy atom. The first kappa shape index (κ1) is 43.3. The van der Waals surface area contributed by atoms with Crippen LogP contribution in [0.4, 0.5) is 0 Å². The first-order chi connectivity index (χ1) is 47.1. The molecule has 0 saturated heterocycles. The van der Waals surface area contributed by atoms with E-state index >= 15 is 9.59 Å². The van der Waals surface area contributed by atoms with Gasteiger partial charge in [-0.1, -0.05) is 65.5 Å². The molecular formula is C92H50O4. The van der Waals surface area contributed by atoms with Crippen molar-refractivity contribution in [2.24, 2.45) is 51.8 Å². The normalized spacial score (nSPS) is 31.2. The fraction of sp³-hybridized carbons (Fsp3) is 0.326. The van der Waals surface area contributed by atoms with Crippen LogP contribution in [0.3, 0.4) is 0 Å². The lowest BCUT2D eigenvalue weighted by molar-refractivity contribution is -0.171. The molecule has 4 saturated carbocycles. The summed E-state index contributed by atoms with van der Waals surface area (Å²) in [5, 5.41) is 81.4. The van der Waals surface area contributed by atoms with E-state index in [0.717, 1.165) is 55.3 Å². The minimum absolute atomic E-state index is 0.0803. The maximum Gasteiger partial charge on any atom is 0.326 e. The molecule has 4 heteroatoms. The van der Waals surface area contributed by atoms with Gasteiger partial charge in [-0.25, -0.2) is 0 Å². The molecule has 0 aromatic heterocycles. The first-order valence-electron chi connectivity index (χ1n) is 37.9. The van der Waals surface area contributed by atoms with E-state index in [1.807, 2.05) is 6.92 Å². The molecule has 4 fully saturated rings. The van der Waals surface area contributed by atoms with Crippen LogP contribution in [0.25, 0.3) is 291 Å². The molecule has 0 amide bonds. The summed E-state index contributed by atoms with van der Waals surface area (Å²) in [7, 11) is 0. The second-order valence-electron chi connectivity index (χ2n) is 37.3. The highest BCUT2D eigenvalue weighted by Gasteiger charge is 3.01. The lowest BCUT2D eigenvalue weighted by Crippen LogP contribution is -2.51. The van der Waals surface area contributed by atoms with E-state index in [1.54, 1.807) is 103 Å². The van der Waals surface area contributed by atoms with Gasteiger partial charge in [0, 0.05) is 6.42 Å². The van der Waals surface area contributed by atoms with Gasteiger partial charge in [0.25, 0.3) is 0 Å². The smallest absolute Gasteiger partial charge is 0.326 e. The average molecular weight is 1220 g/mol. The van der Waals surface area contributed by atoms with Crippen molar-refractivity contribution in [2.75, 3.05) is 6.61 Å². The summed E-state index contributed by atoms with van der Waals surface area (Å²) in [5.74, 6) is 3.94. The van der Waals surface area contributed by atoms with Crippen molar-refractivity contribution in [1.29, 1.82) is 0 Å². The second kappa shape index (κ2) is 10.8. The Labute approximate surface area is 539 Å². The fourth-order valence-corrected chi connectivity index (χ4v) is 34.5. The lowest BCUT2D eigenvalue weighted by atomic mass is 9.47. The summed E-state index contributed by atoms with van der Waals surface area (Å²) in [6.45, 7) is 15.0. The third kappa shape index (κ3) is 2.76. The zero-order chi connectivity index (χ0) is 60.4. The van der Waals surface area contributed by atoms with Gasteiger partial charge in [-0.05, 0) is 411 Å². The minimum Gasteiger partial charge on any atom is -0.465 e. The van der Waals surface area contributed by atoms with Crippen LogP contribution in [-0.4, -0.2) is 24.6 Å². The van der Waals surface area contributed by atoms with E-state index in [2.05, 4.69) is 40.7 Å². The van der Waals surface area contributed by atoms with Crippen LogP contribution in [0.2, 0.25) is 0 Å². The van der Waals surface area contributed by atoms with E-state index < -0.39 is 16.2 Å².